The highest BCUT2D eigenvalue weighted by Gasteiger charge is 2.49. The van der Waals surface area contributed by atoms with Crippen molar-refractivity contribution in [3.63, 3.8) is 0 Å². The number of carbonyl (C=O) groups excluding carboxylic acids is 2. The summed E-state index contributed by atoms with van der Waals surface area (Å²) in [6.45, 7) is 5.13. The van der Waals surface area contributed by atoms with Crippen molar-refractivity contribution in [2.45, 2.75) is 45.3 Å². The van der Waals surface area contributed by atoms with Gasteiger partial charge in [-0.3, -0.25) is 9.59 Å². The lowest BCUT2D eigenvalue weighted by atomic mass is 10.0. The molecule has 2 saturated heterocycles. The number of aromatic nitrogens is 2. The monoisotopic (exact) mass is 382 g/mol. The molecule has 0 spiro atoms. The maximum atomic E-state index is 12.7. The van der Waals surface area contributed by atoms with Gasteiger partial charge in [0.2, 0.25) is 11.8 Å². The van der Waals surface area contributed by atoms with Gasteiger partial charge in [0.25, 0.3) is 0 Å². The molecule has 0 saturated carbocycles. The second-order valence-corrected chi connectivity index (χ2v) is 9.54. The Kier molecular flexibility index (Phi) is 5.36. The third-order valence-electron chi connectivity index (χ3n) is 5.14. The summed E-state index contributed by atoms with van der Waals surface area (Å²) in [7, 11) is -3.24. The zero-order chi connectivity index (χ0) is 18.9. The van der Waals surface area contributed by atoms with Crippen LogP contribution in [0.2, 0.25) is 0 Å². The summed E-state index contributed by atoms with van der Waals surface area (Å²) < 4.78 is 26.3. The SMILES string of the molecule is CC(C)C(=O)N1CCN(C(=O)CCCn2ccnc2)[C@@H]2CS(=O)(=O)C[C@@H]21. The number of hydrogen-bond acceptors (Lipinski definition) is 5. The van der Waals surface area contributed by atoms with Crippen molar-refractivity contribution in [3.8, 4) is 0 Å². The van der Waals surface area contributed by atoms with Gasteiger partial charge in [0.05, 0.1) is 29.9 Å². The number of rotatable bonds is 5. The second-order valence-electron chi connectivity index (χ2n) is 7.39. The molecule has 1 aromatic heterocycles. The number of imidazole rings is 1. The minimum absolute atomic E-state index is 0.0335. The fourth-order valence-corrected chi connectivity index (χ4v) is 5.82. The normalized spacial score (nSPS) is 24.7. The number of nitrogens with zero attached hydrogens (tertiary/aromatic N) is 4. The first kappa shape index (κ1) is 18.9. The third-order valence-corrected chi connectivity index (χ3v) is 6.84. The molecular weight excluding hydrogens is 356 g/mol. The summed E-state index contributed by atoms with van der Waals surface area (Å²) in [6.07, 6.45) is 6.28. The molecular formula is C17H26N4O4S. The van der Waals surface area contributed by atoms with Crippen LogP contribution in [0.15, 0.2) is 18.7 Å². The van der Waals surface area contributed by atoms with Crippen LogP contribution in [0.25, 0.3) is 0 Å². The molecule has 0 radical (unpaired) electrons. The van der Waals surface area contributed by atoms with E-state index in [0.717, 1.165) is 0 Å². The molecule has 2 fully saturated rings. The quantitative estimate of drug-likeness (QED) is 0.723. The van der Waals surface area contributed by atoms with E-state index >= 15 is 0 Å². The molecule has 3 rings (SSSR count). The van der Waals surface area contributed by atoms with Crippen LogP contribution in [0.3, 0.4) is 0 Å². The van der Waals surface area contributed by atoms with E-state index in [2.05, 4.69) is 4.98 Å². The number of sulfone groups is 1. The number of hydrogen-bond donors (Lipinski definition) is 0. The summed E-state index contributed by atoms with van der Waals surface area (Å²) in [5.41, 5.74) is 0. The molecule has 2 amide bonds. The Hall–Kier alpha value is -1.90. The van der Waals surface area contributed by atoms with E-state index in [1.165, 1.54) is 0 Å². The van der Waals surface area contributed by atoms with E-state index < -0.39 is 21.9 Å². The van der Waals surface area contributed by atoms with Crippen LogP contribution < -0.4 is 0 Å². The number of fused-ring (bicyclic) bond motifs is 1. The molecule has 26 heavy (non-hydrogen) atoms. The topological polar surface area (TPSA) is 92.6 Å². The van der Waals surface area contributed by atoms with E-state index in [4.69, 9.17) is 0 Å². The molecule has 0 bridgehead atoms. The largest absolute Gasteiger partial charge is 0.337 e. The van der Waals surface area contributed by atoms with E-state index in [1.54, 1.807) is 22.3 Å². The molecule has 8 nitrogen and oxygen atoms in total. The molecule has 0 unspecified atom stereocenters. The van der Waals surface area contributed by atoms with E-state index in [-0.39, 0.29) is 29.2 Å². The first-order chi connectivity index (χ1) is 12.3. The summed E-state index contributed by atoms with van der Waals surface area (Å²) in [6, 6.07) is -0.835. The molecule has 144 valence electrons. The Labute approximate surface area is 154 Å². The second kappa shape index (κ2) is 7.38. The van der Waals surface area contributed by atoms with Crippen molar-refractivity contribution in [2.75, 3.05) is 24.6 Å². The fourth-order valence-electron chi connectivity index (χ4n) is 3.84. The highest BCUT2D eigenvalue weighted by atomic mass is 32.2. The average Bonchev–Trinajstić information content (AvgIpc) is 3.19. The Morgan fingerprint density at radius 3 is 2.42 bits per heavy atom. The fraction of sp³-hybridized carbons (Fsp3) is 0.706. The zero-order valence-corrected chi connectivity index (χ0v) is 16.1. The van der Waals surface area contributed by atoms with Gasteiger partial charge in [0.15, 0.2) is 9.84 Å². The van der Waals surface area contributed by atoms with Crippen LogP contribution in [0.4, 0.5) is 0 Å². The lowest BCUT2D eigenvalue weighted by Crippen LogP contribution is -2.62. The zero-order valence-electron chi connectivity index (χ0n) is 15.2. The van der Waals surface area contributed by atoms with Crippen molar-refractivity contribution in [3.05, 3.63) is 18.7 Å². The van der Waals surface area contributed by atoms with Crippen molar-refractivity contribution >= 4 is 21.7 Å². The van der Waals surface area contributed by atoms with Crippen LogP contribution in [-0.4, -0.2) is 76.3 Å². The van der Waals surface area contributed by atoms with Gasteiger partial charge in [-0.1, -0.05) is 13.8 Å². The van der Waals surface area contributed by atoms with Crippen molar-refractivity contribution in [1.29, 1.82) is 0 Å². The number of piperazine rings is 1. The van der Waals surface area contributed by atoms with Crippen LogP contribution in [0.5, 0.6) is 0 Å². The molecule has 0 aromatic carbocycles. The van der Waals surface area contributed by atoms with Crippen molar-refractivity contribution < 1.29 is 18.0 Å². The van der Waals surface area contributed by atoms with Gasteiger partial charge in [-0.25, -0.2) is 13.4 Å². The van der Waals surface area contributed by atoms with Gasteiger partial charge in [0, 0.05) is 44.4 Å². The van der Waals surface area contributed by atoms with E-state index in [1.807, 2.05) is 24.6 Å². The average molecular weight is 382 g/mol. The minimum Gasteiger partial charge on any atom is -0.337 e. The maximum absolute atomic E-state index is 12.7. The van der Waals surface area contributed by atoms with Gasteiger partial charge in [-0.15, -0.1) is 0 Å². The van der Waals surface area contributed by atoms with Gasteiger partial charge in [-0.05, 0) is 6.42 Å². The molecule has 9 heteroatoms. The van der Waals surface area contributed by atoms with Crippen molar-refractivity contribution in [2.24, 2.45) is 5.92 Å². The Morgan fingerprint density at radius 2 is 1.81 bits per heavy atom. The molecule has 3 heterocycles. The molecule has 2 aliphatic rings. The van der Waals surface area contributed by atoms with Crippen LogP contribution >= 0.6 is 0 Å². The van der Waals surface area contributed by atoms with Gasteiger partial charge in [-0.2, -0.15) is 0 Å². The molecule has 0 N–H and O–H groups in total. The predicted molar refractivity (Wildman–Crippen MR) is 96.0 cm³/mol. The van der Waals surface area contributed by atoms with Gasteiger partial charge < -0.3 is 14.4 Å². The summed E-state index contributed by atoms with van der Waals surface area (Å²) in [5.74, 6) is -0.351. The van der Waals surface area contributed by atoms with Gasteiger partial charge in [0.1, 0.15) is 0 Å². The lowest BCUT2D eigenvalue weighted by molar-refractivity contribution is -0.147. The highest BCUT2D eigenvalue weighted by molar-refractivity contribution is 7.91. The summed E-state index contributed by atoms with van der Waals surface area (Å²) in [4.78, 5) is 32.5. The number of amides is 2. The van der Waals surface area contributed by atoms with Crippen LogP contribution in [-0.2, 0) is 26.0 Å². The smallest absolute Gasteiger partial charge is 0.225 e. The number of carbonyl (C=O) groups is 2. The first-order valence-corrected chi connectivity index (χ1v) is 10.9. The molecule has 2 atom stereocenters. The van der Waals surface area contributed by atoms with Crippen LogP contribution in [0, 0.1) is 5.92 Å². The summed E-state index contributed by atoms with van der Waals surface area (Å²) >= 11 is 0. The Balaban J connectivity index is 1.67. The lowest BCUT2D eigenvalue weighted by Gasteiger charge is -2.44. The first-order valence-electron chi connectivity index (χ1n) is 9.04. The number of aryl methyl sites for hydroxylation is 1. The molecule has 1 aromatic rings. The van der Waals surface area contributed by atoms with E-state index in [0.29, 0.717) is 32.5 Å². The van der Waals surface area contributed by atoms with Crippen molar-refractivity contribution in [1.82, 2.24) is 19.4 Å². The standard InChI is InChI=1S/C17H26N4O4S/c1-13(2)17(23)21-9-8-20(14-10-26(24,25)11-15(14)21)16(22)4-3-6-19-7-5-18-12-19/h5,7,12-15H,3-4,6,8-11H2,1-2H3/t14-,15+/m1/s1. The molecule has 2 aliphatic heterocycles. The van der Waals surface area contributed by atoms with E-state index in [9.17, 15) is 18.0 Å². The minimum atomic E-state index is -3.24. The summed E-state index contributed by atoms with van der Waals surface area (Å²) in [5, 5.41) is 0. The van der Waals surface area contributed by atoms with Crippen LogP contribution in [0.1, 0.15) is 26.7 Å². The maximum Gasteiger partial charge on any atom is 0.225 e. The van der Waals surface area contributed by atoms with Gasteiger partial charge >= 0.3 is 0 Å². The third kappa shape index (κ3) is 3.92. The Bertz CT molecular complexity index is 760. The highest BCUT2D eigenvalue weighted by Crippen LogP contribution is 2.28. The Morgan fingerprint density at radius 1 is 1.15 bits per heavy atom. The molecule has 0 aliphatic carbocycles. The predicted octanol–water partition coefficient (Wildman–Crippen LogP) is 0.156.